The van der Waals surface area contributed by atoms with Crippen molar-refractivity contribution in [3.05, 3.63) is 70.2 Å². The van der Waals surface area contributed by atoms with Crippen LogP contribution in [0.15, 0.2) is 47.2 Å². The summed E-state index contributed by atoms with van der Waals surface area (Å²) in [6, 6.07) is 6.43. The highest BCUT2D eigenvalue weighted by Crippen LogP contribution is 2.37. The number of halogens is 6. The molecule has 1 amide bonds. The van der Waals surface area contributed by atoms with E-state index in [9.17, 15) is 36.4 Å². The van der Waals surface area contributed by atoms with Gasteiger partial charge in [-0.05, 0) is 49.8 Å². The molecule has 3 heterocycles. The van der Waals surface area contributed by atoms with Gasteiger partial charge in [-0.1, -0.05) is 6.07 Å². The van der Waals surface area contributed by atoms with Gasteiger partial charge in [0, 0.05) is 12.7 Å². The minimum absolute atomic E-state index is 0.0343. The predicted molar refractivity (Wildman–Crippen MR) is 127 cm³/mol. The Morgan fingerprint density at radius 1 is 1.13 bits per heavy atom. The Bertz CT molecular complexity index is 1550. The number of ether oxygens (including phenoxy) is 1. The topological polar surface area (TPSA) is 112 Å². The molecule has 1 aromatic carbocycles. The summed E-state index contributed by atoms with van der Waals surface area (Å²) < 4.78 is 84.6. The van der Waals surface area contributed by atoms with Gasteiger partial charge < -0.3 is 15.4 Å². The molecule has 2 N–H and O–H groups in total. The summed E-state index contributed by atoms with van der Waals surface area (Å²) in [6.07, 6.45) is -7.56. The van der Waals surface area contributed by atoms with Gasteiger partial charge in [-0.2, -0.15) is 36.6 Å². The number of nitrogens with zero attached hydrogens (tertiary/aromatic N) is 4. The van der Waals surface area contributed by atoms with Gasteiger partial charge in [-0.25, -0.2) is 4.98 Å². The second-order valence-corrected chi connectivity index (χ2v) is 8.55. The van der Waals surface area contributed by atoms with Crippen molar-refractivity contribution >= 4 is 29.0 Å². The summed E-state index contributed by atoms with van der Waals surface area (Å²) >= 11 is 0. The zero-order valence-corrected chi connectivity index (χ0v) is 20.2. The molecule has 0 fully saturated rings. The minimum atomic E-state index is -5.04. The summed E-state index contributed by atoms with van der Waals surface area (Å²) in [5.41, 5.74) is -2.28. The third-order valence-electron chi connectivity index (χ3n) is 5.34. The van der Waals surface area contributed by atoms with Crippen molar-refractivity contribution < 1.29 is 35.9 Å². The summed E-state index contributed by atoms with van der Waals surface area (Å²) in [5.74, 6) is -0.734. The Hall–Kier alpha value is -4.67. The number of amides is 1. The van der Waals surface area contributed by atoms with Crippen LogP contribution in [0.2, 0.25) is 0 Å². The highest BCUT2D eigenvalue weighted by Gasteiger charge is 2.38. The molecule has 14 heteroatoms. The number of hydrogen-bond donors (Lipinski definition) is 2. The maximum absolute atomic E-state index is 13.4. The standard InChI is InChI=1S/C25H18F6N6O2/c1-12(2)39-21-14(9-32)11-33-18-6-5-16(35-20(18)21)8-19-22(38)37-23(36-19)34-10-13-3-4-15(24(26,27)28)7-17(13)25(29,30)31/h3-8,11-12H,10H2,1-2H3,(H2,34,36,37,38)/b19-8-. The largest absolute Gasteiger partial charge is 0.487 e. The Morgan fingerprint density at radius 3 is 2.51 bits per heavy atom. The molecule has 39 heavy (non-hydrogen) atoms. The molecule has 0 bridgehead atoms. The fourth-order valence-corrected chi connectivity index (χ4v) is 3.62. The molecule has 0 saturated carbocycles. The van der Waals surface area contributed by atoms with Crippen LogP contribution in [0.1, 0.15) is 41.8 Å². The zero-order valence-electron chi connectivity index (χ0n) is 20.2. The average Bonchev–Trinajstić information content (AvgIpc) is 3.20. The first-order valence-electron chi connectivity index (χ1n) is 11.3. The number of nitriles is 1. The minimum Gasteiger partial charge on any atom is -0.487 e. The van der Waals surface area contributed by atoms with Gasteiger partial charge in [-0.3, -0.25) is 9.78 Å². The molecule has 2 aromatic heterocycles. The van der Waals surface area contributed by atoms with Gasteiger partial charge in [0.05, 0.1) is 28.4 Å². The number of aromatic nitrogens is 2. The van der Waals surface area contributed by atoms with Crippen molar-refractivity contribution in [3.8, 4) is 11.8 Å². The van der Waals surface area contributed by atoms with E-state index < -0.39 is 41.5 Å². The monoisotopic (exact) mass is 548 g/mol. The summed E-state index contributed by atoms with van der Waals surface area (Å²) in [5, 5.41) is 14.5. The first-order chi connectivity index (χ1) is 18.3. The lowest BCUT2D eigenvalue weighted by Crippen LogP contribution is -2.33. The quantitative estimate of drug-likeness (QED) is 0.343. The van der Waals surface area contributed by atoms with Crippen LogP contribution in [-0.2, 0) is 23.7 Å². The van der Waals surface area contributed by atoms with Crippen LogP contribution in [-0.4, -0.2) is 27.9 Å². The third kappa shape index (κ3) is 6.08. The van der Waals surface area contributed by atoms with Gasteiger partial charge in [-0.15, -0.1) is 0 Å². The number of fused-ring (bicyclic) bond motifs is 1. The number of nitrogens with one attached hydrogen (secondary N) is 2. The number of guanidine groups is 1. The number of carbonyl (C=O) groups excluding carboxylic acids is 1. The van der Waals surface area contributed by atoms with Gasteiger partial charge >= 0.3 is 12.4 Å². The molecule has 0 spiro atoms. The molecule has 3 aromatic rings. The van der Waals surface area contributed by atoms with Crippen LogP contribution < -0.4 is 15.4 Å². The normalized spacial score (nSPS) is 14.9. The molecule has 1 aliphatic heterocycles. The highest BCUT2D eigenvalue weighted by atomic mass is 19.4. The molecule has 0 saturated heterocycles. The lowest BCUT2D eigenvalue weighted by atomic mass is 10.0. The van der Waals surface area contributed by atoms with E-state index in [1.165, 1.54) is 12.3 Å². The van der Waals surface area contributed by atoms with Crippen molar-refractivity contribution in [2.45, 2.75) is 38.8 Å². The van der Waals surface area contributed by atoms with Crippen LogP contribution in [0.5, 0.6) is 5.75 Å². The fraction of sp³-hybridized carbons (Fsp3) is 0.240. The number of hydrogen-bond acceptors (Lipinski definition) is 7. The third-order valence-corrected chi connectivity index (χ3v) is 5.34. The van der Waals surface area contributed by atoms with Gasteiger partial charge in [0.15, 0.2) is 5.75 Å². The van der Waals surface area contributed by atoms with E-state index in [1.807, 2.05) is 6.07 Å². The Balaban J connectivity index is 1.56. The van der Waals surface area contributed by atoms with Crippen molar-refractivity contribution in [3.63, 3.8) is 0 Å². The number of carbonyl (C=O) groups is 1. The van der Waals surface area contributed by atoms with Gasteiger partial charge in [0.2, 0.25) is 5.96 Å². The molecule has 202 valence electrons. The molecule has 1 aliphatic rings. The number of aliphatic imine (C=N–C) groups is 1. The lowest BCUT2D eigenvalue weighted by Gasteiger charge is -2.16. The van der Waals surface area contributed by atoms with Crippen molar-refractivity contribution in [1.82, 2.24) is 20.6 Å². The van der Waals surface area contributed by atoms with Crippen molar-refractivity contribution in [1.29, 1.82) is 5.26 Å². The van der Waals surface area contributed by atoms with E-state index in [2.05, 4.69) is 25.6 Å². The maximum atomic E-state index is 13.4. The van der Waals surface area contributed by atoms with E-state index in [4.69, 9.17) is 4.74 Å². The van der Waals surface area contributed by atoms with E-state index in [0.717, 1.165) is 0 Å². The number of alkyl halides is 6. The van der Waals surface area contributed by atoms with Gasteiger partial charge in [0.1, 0.15) is 22.8 Å². The Morgan fingerprint density at radius 2 is 1.87 bits per heavy atom. The van der Waals surface area contributed by atoms with Crippen molar-refractivity contribution in [2.75, 3.05) is 0 Å². The SMILES string of the molecule is CC(C)Oc1c(C#N)cnc2ccc(/C=C3\NC(NCc4ccc(C(F)(F)F)cc4C(F)(F)F)=NC3=O)nc12. The van der Waals surface area contributed by atoms with E-state index >= 15 is 0 Å². The molecular formula is C25H18F6N6O2. The fourth-order valence-electron chi connectivity index (χ4n) is 3.62. The van der Waals surface area contributed by atoms with E-state index in [1.54, 1.807) is 26.0 Å². The van der Waals surface area contributed by atoms with Gasteiger partial charge in [0.25, 0.3) is 5.91 Å². The highest BCUT2D eigenvalue weighted by molar-refractivity contribution is 6.12. The maximum Gasteiger partial charge on any atom is 0.416 e. The average molecular weight is 548 g/mol. The second kappa shape index (κ2) is 10.2. The smallest absolute Gasteiger partial charge is 0.416 e. The molecular weight excluding hydrogens is 530 g/mol. The van der Waals surface area contributed by atoms with Crippen LogP contribution in [0.25, 0.3) is 17.1 Å². The summed E-state index contributed by atoms with van der Waals surface area (Å²) in [7, 11) is 0. The predicted octanol–water partition coefficient (Wildman–Crippen LogP) is 4.94. The molecule has 0 aliphatic carbocycles. The summed E-state index contributed by atoms with van der Waals surface area (Å²) in [6.45, 7) is 2.98. The van der Waals surface area contributed by atoms with Crippen LogP contribution >= 0.6 is 0 Å². The summed E-state index contributed by atoms with van der Waals surface area (Å²) in [4.78, 5) is 24.7. The number of pyridine rings is 2. The van der Waals surface area contributed by atoms with Crippen molar-refractivity contribution in [2.24, 2.45) is 4.99 Å². The first-order valence-corrected chi connectivity index (χ1v) is 11.3. The number of rotatable bonds is 5. The lowest BCUT2D eigenvalue weighted by molar-refractivity contribution is -0.143. The van der Waals surface area contributed by atoms with E-state index in [-0.39, 0.29) is 46.4 Å². The Labute approximate surface area is 217 Å². The number of benzene rings is 1. The van der Waals surface area contributed by atoms with E-state index in [0.29, 0.717) is 17.6 Å². The van der Waals surface area contributed by atoms with Crippen LogP contribution in [0.3, 0.4) is 0 Å². The molecule has 4 rings (SSSR count). The first kappa shape index (κ1) is 27.4. The molecule has 0 atom stereocenters. The zero-order chi connectivity index (χ0) is 28.5. The molecule has 0 unspecified atom stereocenters. The molecule has 0 radical (unpaired) electrons. The molecule has 8 nitrogen and oxygen atoms in total. The second-order valence-electron chi connectivity index (χ2n) is 8.55. The Kier molecular flexibility index (Phi) is 7.18. The van der Waals surface area contributed by atoms with Crippen LogP contribution in [0.4, 0.5) is 26.3 Å². The van der Waals surface area contributed by atoms with Crippen LogP contribution in [0, 0.1) is 11.3 Å².